The van der Waals surface area contributed by atoms with E-state index in [0.29, 0.717) is 29.2 Å². The molecule has 2 aromatic rings. The van der Waals surface area contributed by atoms with Crippen LogP contribution < -0.4 is 10.5 Å². The first-order valence-corrected chi connectivity index (χ1v) is 6.49. The van der Waals surface area contributed by atoms with E-state index in [1.165, 1.54) is 7.11 Å². The Labute approximate surface area is 122 Å². The van der Waals surface area contributed by atoms with Gasteiger partial charge in [0.1, 0.15) is 5.75 Å². The molecule has 2 aromatic carbocycles. The van der Waals surface area contributed by atoms with Crippen LogP contribution in [0.4, 0.5) is 5.69 Å². The highest BCUT2D eigenvalue weighted by molar-refractivity contribution is 5.90. The molecule has 0 unspecified atom stereocenters. The van der Waals surface area contributed by atoms with Crippen molar-refractivity contribution in [3.8, 4) is 11.5 Å². The van der Waals surface area contributed by atoms with E-state index in [1.54, 1.807) is 30.3 Å². The Morgan fingerprint density at radius 3 is 2.52 bits per heavy atom. The lowest BCUT2D eigenvalue weighted by Gasteiger charge is -2.10. The highest BCUT2D eigenvalue weighted by Gasteiger charge is 2.10. The summed E-state index contributed by atoms with van der Waals surface area (Å²) in [7, 11) is 1.32. The first-order chi connectivity index (χ1) is 10.1. The summed E-state index contributed by atoms with van der Waals surface area (Å²) in [6, 6.07) is 12.0. The molecule has 0 heterocycles. The Morgan fingerprint density at radius 2 is 1.90 bits per heavy atom. The van der Waals surface area contributed by atoms with Gasteiger partial charge in [0.15, 0.2) is 5.75 Å². The Balaban J connectivity index is 2.20. The molecule has 0 aromatic heterocycles. The SMILES string of the molecule is COC(=O)c1ccc(N)c(Oc2ccc(CCO)cc2)c1. The van der Waals surface area contributed by atoms with Crippen LogP contribution in [0.15, 0.2) is 42.5 Å². The molecular weight excluding hydrogens is 270 g/mol. The fourth-order valence-corrected chi connectivity index (χ4v) is 1.85. The van der Waals surface area contributed by atoms with Crippen molar-refractivity contribution in [1.29, 1.82) is 0 Å². The zero-order valence-electron chi connectivity index (χ0n) is 11.7. The maximum atomic E-state index is 11.5. The second kappa shape index (κ2) is 6.76. The molecule has 3 N–H and O–H groups in total. The number of carbonyl (C=O) groups is 1. The van der Waals surface area contributed by atoms with Gasteiger partial charge in [-0.3, -0.25) is 0 Å². The van der Waals surface area contributed by atoms with Gasteiger partial charge in [-0.05, 0) is 42.3 Å². The molecule has 110 valence electrons. The van der Waals surface area contributed by atoms with Crippen molar-refractivity contribution in [3.63, 3.8) is 0 Å². The first kappa shape index (κ1) is 14.9. The largest absolute Gasteiger partial charge is 0.465 e. The zero-order valence-corrected chi connectivity index (χ0v) is 11.7. The van der Waals surface area contributed by atoms with E-state index in [-0.39, 0.29) is 6.61 Å². The molecule has 0 spiro atoms. The summed E-state index contributed by atoms with van der Waals surface area (Å²) in [5, 5.41) is 8.87. The van der Waals surface area contributed by atoms with Crippen LogP contribution in [-0.4, -0.2) is 24.8 Å². The van der Waals surface area contributed by atoms with Crippen LogP contribution in [0, 0.1) is 0 Å². The number of ether oxygens (including phenoxy) is 2. The van der Waals surface area contributed by atoms with Gasteiger partial charge in [0, 0.05) is 6.61 Å². The monoisotopic (exact) mass is 287 g/mol. The van der Waals surface area contributed by atoms with Crippen LogP contribution in [0.3, 0.4) is 0 Å². The molecule has 0 radical (unpaired) electrons. The van der Waals surface area contributed by atoms with Crippen LogP contribution in [-0.2, 0) is 11.2 Å². The van der Waals surface area contributed by atoms with Crippen molar-refractivity contribution in [1.82, 2.24) is 0 Å². The summed E-state index contributed by atoms with van der Waals surface area (Å²) in [6.07, 6.45) is 0.597. The summed E-state index contributed by atoms with van der Waals surface area (Å²) in [5.74, 6) is 0.552. The molecule has 0 aliphatic heterocycles. The summed E-state index contributed by atoms with van der Waals surface area (Å²) in [6.45, 7) is 0.105. The number of nitrogen functional groups attached to an aromatic ring is 1. The Bertz CT molecular complexity index is 623. The molecular formula is C16H17NO4. The number of carbonyl (C=O) groups excluding carboxylic acids is 1. The Kier molecular flexibility index (Phi) is 4.79. The third-order valence-corrected chi connectivity index (χ3v) is 2.99. The molecule has 0 bridgehead atoms. The van der Waals surface area contributed by atoms with Gasteiger partial charge < -0.3 is 20.3 Å². The van der Waals surface area contributed by atoms with Crippen molar-refractivity contribution in [3.05, 3.63) is 53.6 Å². The van der Waals surface area contributed by atoms with Gasteiger partial charge in [0.05, 0.1) is 18.4 Å². The number of nitrogens with two attached hydrogens (primary N) is 1. The lowest BCUT2D eigenvalue weighted by atomic mass is 10.1. The normalized spacial score (nSPS) is 10.2. The molecule has 0 fully saturated rings. The lowest BCUT2D eigenvalue weighted by Crippen LogP contribution is -2.02. The van der Waals surface area contributed by atoms with Crippen LogP contribution in [0.2, 0.25) is 0 Å². The van der Waals surface area contributed by atoms with Gasteiger partial charge >= 0.3 is 5.97 Å². The van der Waals surface area contributed by atoms with Crippen molar-refractivity contribution in [2.75, 3.05) is 19.5 Å². The van der Waals surface area contributed by atoms with Crippen molar-refractivity contribution in [2.45, 2.75) is 6.42 Å². The van der Waals surface area contributed by atoms with Crippen LogP contribution >= 0.6 is 0 Å². The summed E-state index contributed by atoms with van der Waals surface area (Å²) in [5.41, 5.74) is 7.67. The molecule has 21 heavy (non-hydrogen) atoms. The topological polar surface area (TPSA) is 81.8 Å². The average molecular weight is 287 g/mol. The average Bonchev–Trinajstić information content (AvgIpc) is 2.51. The summed E-state index contributed by atoms with van der Waals surface area (Å²) < 4.78 is 10.3. The number of hydrogen-bond donors (Lipinski definition) is 2. The van der Waals surface area contributed by atoms with Gasteiger partial charge in [-0.15, -0.1) is 0 Å². The third kappa shape index (κ3) is 3.73. The van der Waals surface area contributed by atoms with E-state index in [2.05, 4.69) is 4.74 Å². The van der Waals surface area contributed by atoms with E-state index in [9.17, 15) is 4.79 Å². The molecule has 0 atom stereocenters. The molecule has 0 aliphatic rings. The number of hydrogen-bond acceptors (Lipinski definition) is 5. The van der Waals surface area contributed by atoms with E-state index < -0.39 is 5.97 Å². The highest BCUT2D eigenvalue weighted by Crippen LogP contribution is 2.29. The van der Waals surface area contributed by atoms with Gasteiger partial charge in [-0.25, -0.2) is 4.79 Å². The number of esters is 1. The lowest BCUT2D eigenvalue weighted by molar-refractivity contribution is 0.0600. The van der Waals surface area contributed by atoms with Crippen LogP contribution in [0.1, 0.15) is 15.9 Å². The van der Waals surface area contributed by atoms with Crippen LogP contribution in [0.25, 0.3) is 0 Å². The maximum Gasteiger partial charge on any atom is 0.337 e. The van der Waals surface area contributed by atoms with Gasteiger partial charge in [-0.2, -0.15) is 0 Å². The number of benzene rings is 2. The van der Waals surface area contributed by atoms with E-state index in [0.717, 1.165) is 5.56 Å². The molecule has 0 saturated carbocycles. The van der Waals surface area contributed by atoms with Crippen molar-refractivity contribution in [2.24, 2.45) is 0 Å². The molecule has 5 heteroatoms. The minimum Gasteiger partial charge on any atom is -0.465 e. The number of anilines is 1. The highest BCUT2D eigenvalue weighted by atomic mass is 16.5. The second-order valence-electron chi connectivity index (χ2n) is 4.46. The van der Waals surface area contributed by atoms with Crippen LogP contribution in [0.5, 0.6) is 11.5 Å². The first-order valence-electron chi connectivity index (χ1n) is 6.49. The third-order valence-electron chi connectivity index (χ3n) is 2.99. The van der Waals surface area contributed by atoms with Gasteiger partial charge in [0.25, 0.3) is 0 Å². The standard InChI is InChI=1S/C16H17NO4/c1-20-16(19)12-4-7-14(17)15(10-12)21-13-5-2-11(3-6-13)8-9-18/h2-7,10,18H,8-9,17H2,1H3. The summed E-state index contributed by atoms with van der Waals surface area (Å²) >= 11 is 0. The zero-order chi connectivity index (χ0) is 15.2. The summed E-state index contributed by atoms with van der Waals surface area (Å²) in [4.78, 5) is 11.5. The quantitative estimate of drug-likeness (QED) is 0.652. The second-order valence-corrected chi connectivity index (χ2v) is 4.46. The van der Waals surface area contributed by atoms with Crippen molar-refractivity contribution < 1.29 is 19.4 Å². The molecule has 0 aliphatic carbocycles. The molecule has 2 rings (SSSR count). The Morgan fingerprint density at radius 1 is 1.19 bits per heavy atom. The fraction of sp³-hybridized carbons (Fsp3) is 0.188. The number of methoxy groups -OCH3 is 1. The number of aliphatic hydroxyl groups excluding tert-OH is 1. The molecule has 0 amide bonds. The minimum absolute atomic E-state index is 0.105. The van der Waals surface area contributed by atoms with E-state index in [1.807, 2.05) is 12.1 Å². The van der Waals surface area contributed by atoms with E-state index >= 15 is 0 Å². The van der Waals surface area contributed by atoms with Gasteiger partial charge in [0.2, 0.25) is 0 Å². The number of aliphatic hydroxyl groups is 1. The fourth-order valence-electron chi connectivity index (χ4n) is 1.85. The van der Waals surface area contributed by atoms with E-state index in [4.69, 9.17) is 15.6 Å². The minimum atomic E-state index is -0.446. The molecule has 5 nitrogen and oxygen atoms in total. The molecule has 0 saturated heterocycles. The van der Waals surface area contributed by atoms with Gasteiger partial charge in [-0.1, -0.05) is 12.1 Å². The maximum absolute atomic E-state index is 11.5. The van der Waals surface area contributed by atoms with Crippen molar-refractivity contribution >= 4 is 11.7 Å². The Hall–Kier alpha value is -2.53. The smallest absolute Gasteiger partial charge is 0.337 e. The predicted molar refractivity (Wildman–Crippen MR) is 79.5 cm³/mol. The predicted octanol–water partition coefficient (Wildman–Crippen LogP) is 2.38. The number of rotatable bonds is 5.